The minimum Gasteiger partial charge on any atom is -0.508 e. The molecular formula is C25H18O3. The van der Waals surface area contributed by atoms with Crippen molar-refractivity contribution in [2.24, 2.45) is 0 Å². The van der Waals surface area contributed by atoms with Gasteiger partial charge in [0.2, 0.25) is 0 Å². The topological polar surface area (TPSA) is 57.5 Å². The molecule has 0 atom stereocenters. The summed E-state index contributed by atoms with van der Waals surface area (Å²) < 4.78 is 0. The van der Waals surface area contributed by atoms with Gasteiger partial charge in [0.05, 0.1) is 5.41 Å². The summed E-state index contributed by atoms with van der Waals surface area (Å²) in [5.74, 6) is 0.453. The molecule has 2 N–H and O–H groups in total. The molecular weight excluding hydrogens is 348 g/mol. The van der Waals surface area contributed by atoms with Crippen LogP contribution in [0.25, 0.3) is 5.57 Å². The minimum atomic E-state index is -0.783. The van der Waals surface area contributed by atoms with Crippen LogP contribution in [-0.4, -0.2) is 16.0 Å². The van der Waals surface area contributed by atoms with Crippen LogP contribution in [0.5, 0.6) is 11.5 Å². The van der Waals surface area contributed by atoms with E-state index in [0.717, 1.165) is 33.4 Å². The van der Waals surface area contributed by atoms with Crippen molar-refractivity contribution in [3.63, 3.8) is 0 Å². The summed E-state index contributed by atoms with van der Waals surface area (Å²) in [7, 11) is 0. The standard InChI is InChI=1S/C25H18O3/c26-18-12-8-16(9-13-18)25(17-10-14-19(27)15-11-17)22-6-2-1-4-20(22)21-5-3-7-23(28)24(21)25/h1-6,8-15,26-27H,7H2. The molecule has 0 heterocycles. The first-order chi connectivity index (χ1) is 13.6. The Bertz CT molecular complexity index is 1100. The number of benzene rings is 3. The number of allylic oxidation sites excluding steroid dienone is 4. The van der Waals surface area contributed by atoms with E-state index in [2.05, 4.69) is 12.1 Å². The smallest absolute Gasteiger partial charge is 0.164 e. The van der Waals surface area contributed by atoms with Crippen molar-refractivity contribution in [1.29, 1.82) is 0 Å². The first-order valence-electron chi connectivity index (χ1n) is 9.26. The van der Waals surface area contributed by atoms with Crippen LogP contribution in [0.1, 0.15) is 28.7 Å². The molecule has 0 radical (unpaired) electrons. The third-order valence-corrected chi connectivity index (χ3v) is 5.73. The summed E-state index contributed by atoms with van der Waals surface area (Å²) in [6.07, 6.45) is 4.32. The van der Waals surface area contributed by atoms with E-state index in [-0.39, 0.29) is 17.3 Å². The molecule has 136 valence electrons. The predicted molar refractivity (Wildman–Crippen MR) is 108 cm³/mol. The Hall–Kier alpha value is -3.59. The van der Waals surface area contributed by atoms with Gasteiger partial charge in [0.25, 0.3) is 0 Å². The molecule has 0 amide bonds. The molecule has 0 saturated carbocycles. The fourth-order valence-corrected chi connectivity index (χ4v) is 4.62. The highest BCUT2D eigenvalue weighted by molar-refractivity contribution is 6.14. The second kappa shape index (κ2) is 5.96. The molecule has 0 saturated heterocycles. The third kappa shape index (κ3) is 2.13. The summed E-state index contributed by atoms with van der Waals surface area (Å²) in [5.41, 5.74) is 4.84. The van der Waals surface area contributed by atoms with Crippen LogP contribution in [0.2, 0.25) is 0 Å². The van der Waals surface area contributed by atoms with Gasteiger partial charge in [-0.3, -0.25) is 4.79 Å². The monoisotopic (exact) mass is 366 g/mol. The number of hydrogen-bond acceptors (Lipinski definition) is 3. The zero-order valence-corrected chi connectivity index (χ0v) is 15.1. The molecule has 3 nitrogen and oxygen atoms in total. The van der Waals surface area contributed by atoms with Crippen molar-refractivity contribution in [2.45, 2.75) is 11.8 Å². The Labute approximate surface area is 162 Å². The molecule has 28 heavy (non-hydrogen) atoms. The Kier molecular flexibility index (Phi) is 3.53. The highest BCUT2D eigenvalue weighted by Gasteiger charge is 2.50. The number of phenolic OH excluding ortho intramolecular Hbond substituents is 2. The zero-order chi connectivity index (χ0) is 19.3. The molecule has 0 fully saturated rings. The normalized spacial score (nSPS) is 16.8. The number of rotatable bonds is 2. The molecule has 2 aliphatic rings. The van der Waals surface area contributed by atoms with E-state index in [9.17, 15) is 15.0 Å². The van der Waals surface area contributed by atoms with Crippen molar-refractivity contribution < 1.29 is 15.0 Å². The van der Waals surface area contributed by atoms with E-state index in [0.29, 0.717) is 6.42 Å². The molecule has 0 bridgehead atoms. The summed E-state index contributed by atoms with van der Waals surface area (Å²) in [6, 6.07) is 22.2. The van der Waals surface area contributed by atoms with E-state index in [1.54, 1.807) is 24.3 Å². The van der Waals surface area contributed by atoms with Crippen molar-refractivity contribution in [3.8, 4) is 11.5 Å². The van der Waals surface area contributed by atoms with Gasteiger partial charge in [-0.25, -0.2) is 0 Å². The van der Waals surface area contributed by atoms with Gasteiger partial charge in [-0.05, 0) is 52.1 Å². The second-order valence-corrected chi connectivity index (χ2v) is 7.21. The number of hydrogen-bond donors (Lipinski definition) is 2. The van der Waals surface area contributed by atoms with Gasteiger partial charge < -0.3 is 10.2 Å². The van der Waals surface area contributed by atoms with E-state index < -0.39 is 5.41 Å². The molecule has 0 aliphatic heterocycles. The number of carbonyl (C=O) groups excluding carboxylic acids is 1. The maximum absolute atomic E-state index is 13.2. The maximum atomic E-state index is 13.2. The Morgan fingerprint density at radius 1 is 0.750 bits per heavy atom. The van der Waals surface area contributed by atoms with Crippen LogP contribution in [0.4, 0.5) is 0 Å². The number of carbonyl (C=O) groups is 1. The number of Topliss-reactive ketones (excluding diaryl/α,β-unsaturated/α-hetero) is 1. The van der Waals surface area contributed by atoms with Crippen LogP contribution < -0.4 is 0 Å². The van der Waals surface area contributed by atoms with Gasteiger partial charge >= 0.3 is 0 Å². The number of ketones is 1. The molecule has 3 heteroatoms. The van der Waals surface area contributed by atoms with E-state index in [1.807, 2.05) is 48.6 Å². The summed E-state index contributed by atoms with van der Waals surface area (Å²) in [4.78, 5) is 13.2. The highest BCUT2D eigenvalue weighted by Crippen LogP contribution is 2.56. The van der Waals surface area contributed by atoms with Gasteiger partial charge in [0, 0.05) is 12.0 Å². The summed E-state index contributed by atoms with van der Waals surface area (Å²) in [5, 5.41) is 19.7. The Balaban J connectivity index is 1.94. The van der Waals surface area contributed by atoms with Crippen LogP contribution >= 0.6 is 0 Å². The number of aromatic hydroxyl groups is 2. The van der Waals surface area contributed by atoms with Gasteiger partial charge in [0.15, 0.2) is 5.78 Å². The molecule has 2 aliphatic carbocycles. The van der Waals surface area contributed by atoms with Crippen molar-refractivity contribution in [2.75, 3.05) is 0 Å². The van der Waals surface area contributed by atoms with Crippen LogP contribution in [-0.2, 0) is 10.2 Å². The maximum Gasteiger partial charge on any atom is 0.164 e. The quantitative estimate of drug-likeness (QED) is 0.689. The van der Waals surface area contributed by atoms with Crippen molar-refractivity contribution >= 4 is 11.4 Å². The molecule has 3 aromatic rings. The van der Waals surface area contributed by atoms with Crippen molar-refractivity contribution in [3.05, 3.63) is 113 Å². The summed E-state index contributed by atoms with van der Waals surface area (Å²) >= 11 is 0. The lowest BCUT2D eigenvalue weighted by Crippen LogP contribution is -2.33. The van der Waals surface area contributed by atoms with Crippen LogP contribution in [0.15, 0.2) is 90.5 Å². The summed E-state index contributed by atoms with van der Waals surface area (Å²) in [6.45, 7) is 0. The highest BCUT2D eigenvalue weighted by atomic mass is 16.3. The minimum absolute atomic E-state index is 0.0925. The van der Waals surface area contributed by atoms with Crippen LogP contribution in [0.3, 0.4) is 0 Å². The lowest BCUT2D eigenvalue weighted by molar-refractivity contribution is -0.115. The lowest BCUT2D eigenvalue weighted by atomic mass is 9.65. The molecule has 5 rings (SSSR count). The van der Waals surface area contributed by atoms with Crippen LogP contribution in [0, 0.1) is 0 Å². The van der Waals surface area contributed by atoms with Gasteiger partial charge in [-0.15, -0.1) is 0 Å². The largest absolute Gasteiger partial charge is 0.508 e. The molecule has 3 aromatic carbocycles. The predicted octanol–water partition coefficient (Wildman–Crippen LogP) is 4.73. The first-order valence-corrected chi connectivity index (χ1v) is 9.26. The second-order valence-electron chi connectivity index (χ2n) is 7.21. The van der Waals surface area contributed by atoms with Gasteiger partial charge in [-0.1, -0.05) is 60.7 Å². The molecule has 0 aromatic heterocycles. The van der Waals surface area contributed by atoms with Gasteiger partial charge in [-0.2, -0.15) is 0 Å². The number of fused-ring (bicyclic) bond motifs is 2. The SMILES string of the molecule is O=C1CC=CC2=C1C(c1ccc(O)cc1)(c1ccc(O)cc1)c1ccccc12. The van der Waals surface area contributed by atoms with E-state index >= 15 is 0 Å². The fraction of sp³-hybridized carbons (Fsp3) is 0.0800. The average Bonchev–Trinajstić information content (AvgIpc) is 3.02. The first kappa shape index (κ1) is 16.6. The van der Waals surface area contributed by atoms with E-state index in [4.69, 9.17) is 0 Å². The Morgan fingerprint density at radius 3 is 1.93 bits per heavy atom. The fourth-order valence-electron chi connectivity index (χ4n) is 4.62. The zero-order valence-electron chi connectivity index (χ0n) is 15.1. The van der Waals surface area contributed by atoms with E-state index in [1.165, 1.54) is 0 Å². The lowest BCUT2D eigenvalue weighted by Gasteiger charge is -2.35. The number of phenols is 2. The molecule has 0 spiro atoms. The Morgan fingerprint density at radius 2 is 1.32 bits per heavy atom. The molecule has 0 unspecified atom stereocenters. The average molecular weight is 366 g/mol. The third-order valence-electron chi connectivity index (χ3n) is 5.73. The van der Waals surface area contributed by atoms with Gasteiger partial charge in [0.1, 0.15) is 11.5 Å². The van der Waals surface area contributed by atoms with Crippen molar-refractivity contribution in [1.82, 2.24) is 0 Å².